The zero-order valence-corrected chi connectivity index (χ0v) is 15.9. The Hall–Kier alpha value is -3.04. The van der Waals surface area contributed by atoms with Crippen LogP contribution < -0.4 is 0 Å². The van der Waals surface area contributed by atoms with Crippen LogP contribution >= 0.6 is 15.9 Å². The summed E-state index contributed by atoms with van der Waals surface area (Å²) in [4.78, 5) is 0. The number of para-hydroxylation sites is 2. The SMILES string of the molecule is Brc1ccc2c(c1)c1ccc3c4ccccc4oc3c1n2-c1ccccc1. The van der Waals surface area contributed by atoms with E-state index >= 15 is 0 Å². The van der Waals surface area contributed by atoms with E-state index in [-0.39, 0.29) is 0 Å². The summed E-state index contributed by atoms with van der Waals surface area (Å²) in [6, 6.07) is 29.6. The minimum absolute atomic E-state index is 0.922. The van der Waals surface area contributed by atoms with Crippen molar-refractivity contribution in [2.75, 3.05) is 0 Å². The van der Waals surface area contributed by atoms with Gasteiger partial charge in [0.15, 0.2) is 5.58 Å². The van der Waals surface area contributed by atoms with E-state index in [9.17, 15) is 0 Å². The molecule has 2 aromatic heterocycles. The summed E-state index contributed by atoms with van der Waals surface area (Å²) in [7, 11) is 0. The van der Waals surface area contributed by atoms with Crippen LogP contribution in [0.25, 0.3) is 49.4 Å². The van der Waals surface area contributed by atoms with Gasteiger partial charge in [0.05, 0.1) is 11.0 Å². The maximum absolute atomic E-state index is 6.36. The molecule has 0 aliphatic rings. The van der Waals surface area contributed by atoms with Crippen molar-refractivity contribution >= 4 is 59.7 Å². The largest absolute Gasteiger partial charge is 0.454 e. The van der Waals surface area contributed by atoms with Gasteiger partial charge in [-0.25, -0.2) is 0 Å². The van der Waals surface area contributed by atoms with Gasteiger partial charge >= 0.3 is 0 Å². The van der Waals surface area contributed by atoms with E-state index in [1.54, 1.807) is 0 Å². The van der Waals surface area contributed by atoms with Gasteiger partial charge in [-0.1, -0.05) is 58.4 Å². The van der Waals surface area contributed by atoms with Crippen LogP contribution in [0.15, 0.2) is 93.8 Å². The fraction of sp³-hybridized carbons (Fsp3) is 0. The summed E-state index contributed by atoms with van der Waals surface area (Å²) in [5, 5.41) is 4.71. The highest BCUT2D eigenvalue weighted by atomic mass is 79.9. The van der Waals surface area contributed by atoms with Crippen molar-refractivity contribution in [3.8, 4) is 5.69 Å². The standard InChI is InChI=1S/C24H14BrNO/c25-15-10-13-21-20(14-15)18-11-12-19-17-8-4-5-9-22(17)27-24(19)23(18)26(21)16-6-2-1-3-7-16/h1-14H. The Labute approximate surface area is 163 Å². The summed E-state index contributed by atoms with van der Waals surface area (Å²) in [5.74, 6) is 0. The van der Waals surface area contributed by atoms with Crippen LogP contribution in [0.3, 0.4) is 0 Å². The molecule has 0 N–H and O–H groups in total. The minimum atomic E-state index is 0.922. The molecular formula is C24H14BrNO. The minimum Gasteiger partial charge on any atom is -0.454 e. The first-order valence-corrected chi connectivity index (χ1v) is 9.70. The van der Waals surface area contributed by atoms with E-state index in [1.165, 1.54) is 16.3 Å². The van der Waals surface area contributed by atoms with E-state index < -0.39 is 0 Å². The van der Waals surface area contributed by atoms with Gasteiger partial charge in [-0.3, -0.25) is 0 Å². The van der Waals surface area contributed by atoms with Gasteiger partial charge in [0.25, 0.3) is 0 Å². The highest BCUT2D eigenvalue weighted by Gasteiger charge is 2.18. The molecule has 128 valence electrons. The molecule has 0 amide bonds. The predicted molar refractivity (Wildman–Crippen MR) is 116 cm³/mol. The lowest BCUT2D eigenvalue weighted by molar-refractivity contribution is 0.671. The number of rotatable bonds is 1. The quantitative estimate of drug-likeness (QED) is 0.274. The van der Waals surface area contributed by atoms with Crippen LogP contribution in [0.4, 0.5) is 0 Å². The molecule has 0 saturated heterocycles. The van der Waals surface area contributed by atoms with Gasteiger partial charge < -0.3 is 8.98 Å². The fourth-order valence-corrected chi connectivity index (χ4v) is 4.46. The van der Waals surface area contributed by atoms with Gasteiger partial charge in [-0.15, -0.1) is 0 Å². The van der Waals surface area contributed by atoms with Crippen molar-refractivity contribution in [3.63, 3.8) is 0 Å². The number of hydrogen-bond acceptors (Lipinski definition) is 1. The van der Waals surface area contributed by atoms with Crippen LogP contribution in [0.5, 0.6) is 0 Å². The predicted octanol–water partition coefficient (Wildman–Crippen LogP) is 7.45. The molecule has 0 fully saturated rings. The number of hydrogen-bond donors (Lipinski definition) is 0. The molecule has 4 aromatic carbocycles. The normalized spacial score (nSPS) is 11.9. The summed E-state index contributed by atoms with van der Waals surface area (Å²) < 4.78 is 9.74. The topological polar surface area (TPSA) is 18.1 Å². The molecule has 0 atom stereocenters. The zero-order chi connectivity index (χ0) is 18.0. The molecule has 0 unspecified atom stereocenters. The van der Waals surface area contributed by atoms with E-state index in [0.717, 1.165) is 37.6 Å². The van der Waals surface area contributed by atoms with Crippen molar-refractivity contribution in [1.82, 2.24) is 4.57 Å². The Morgan fingerprint density at radius 3 is 2.33 bits per heavy atom. The highest BCUT2D eigenvalue weighted by Crippen LogP contribution is 2.40. The molecule has 0 spiro atoms. The van der Waals surface area contributed by atoms with Crippen LogP contribution in [0.2, 0.25) is 0 Å². The molecule has 0 bridgehead atoms. The van der Waals surface area contributed by atoms with Crippen molar-refractivity contribution in [2.45, 2.75) is 0 Å². The first-order valence-electron chi connectivity index (χ1n) is 8.90. The number of furan rings is 1. The van der Waals surface area contributed by atoms with Gasteiger partial charge in [0.2, 0.25) is 0 Å². The molecule has 27 heavy (non-hydrogen) atoms. The molecule has 2 nitrogen and oxygen atoms in total. The molecule has 0 aliphatic carbocycles. The molecular weight excluding hydrogens is 398 g/mol. The number of aromatic nitrogens is 1. The summed E-state index contributed by atoms with van der Waals surface area (Å²) in [6.07, 6.45) is 0. The van der Waals surface area contributed by atoms with Gasteiger partial charge in [-0.2, -0.15) is 0 Å². The van der Waals surface area contributed by atoms with Crippen molar-refractivity contribution in [2.24, 2.45) is 0 Å². The lowest BCUT2D eigenvalue weighted by Gasteiger charge is -2.07. The number of benzene rings is 4. The Kier molecular flexibility index (Phi) is 3.06. The van der Waals surface area contributed by atoms with Crippen LogP contribution in [-0.2, 0) is 0 Å². The molecule has 2 heterocycles. The first kappa shape index (κ1) is 15.1. The zero-order valence-electron chi connectivity index (χ0n) is 14.3. The highest BCUT2D eigenvalue weighted by molar-refractivity contribution is 9.10. The van der Waals surface area contributed by atoms with E-state index in [0.29, 0.717) is 0 Å². The summed E-state index contributed by atoms with van der Waals surface area (Å²) in [6.45, 7) is 0. The van der Waals surface area contributed by atoms with Crippen molar-refractivity contribution in [3.05, 3.63) is 89.4 Å². The second-order valence-corrected chi connectivity index (χ2v) is 7.68. The Morgan fingerprint density at radius 1 is 0.667 bits per heavy atom. The van der Waals surface area contributed by atoms with E-state index in [2.05, 4.69) is 87.2 Å². The van der Waals surface area contributed by atoms with Crippen molar-refractivity contribution in [1.29, 1.82) is 0 Å². The number of fused-ring (bicyclic) bond motifs is 7. The van der Waals surface area contributed by atoms with E-state index in [1.807, 2.05) is 18.2 Å². The third kappa shape index (κ3) is 2.06. The summed E-state index contributed by atoms with van der Waals surface area (Å²) >= 11 is 3.63. The molecule has 6 aromatic rings. The third-order valence-electron chi connectivity index (χ3n) is 5.25. The fourth-order valence-electron chi connectivity index (χ4n) is 4.10. The third-order valence-corrected chi connectivity index (χ3v) is 5.74. The van der Waals surface area contributed by atoms with Gasteiger partial charge in [0.1, 0.15) is 5.58 Å². The summed E-state index contributed by atoms with van der Waals surface area (Å²) in [5.41, 5.74) is 5.28. The smallest absolute Gasteiger partial charge is 0.160 e. The van der Waals surface area contributed by atoms with E-state index in [4.69, 9.17) is 4.42 Å². The van der Waals surface area contributed by atoms with Crippen LogP contribution in [0, 0.1) is 0 Å². The number of halogens is 1. The first-order chi connectivity index (χ1) is 13.3. The lowest BCUT2D eigenvalue weighted by Crippen LogP contribution is -1.93. The molecule has 0 radical (unpaired) electrons. The molecule has 0 saturated carbocycles. The second kappa shape index (κ2) is 5.48. The average molecular weight is 412 g/mol. The molecule has 3 heteroatoms. The Morgan fingerprint density at radius 2 is 1.44 bits per heavy atom. The average Bonchev–Trinajstić information content (AvgIpc) is 3.24. The lowest BCUT2D eigenvalue weighted by atomic mass is 10.1. The second-order valence-electron chi connectivity index (χ2n) is 6.77. The molecule has 6 rings (SSSR count). The van der Waals surface area contributed by atoms with Crippen molar-refractivity contribution < 1.29 is 4.42 Å². The monoisotopic (exact) mass is 411 g/mol. The molecule has 0 aliphatic heterocycles. The van der Waals surface area contributed by atoms with Gasteiger partial charge in [0, 0.05) is 31.7 Å². The Bertz CT molecular complexity index is 1470. The van der Waals surface area contributed by atoms with Crippen LogP contribution in [0.1, 0.15) is 0 Å². The maximum atomic E-state index is 6.36. The van der Waals surface area contributed by atoms with Gasteiger partial charge in [-0.05, 0) is 42.5 Å². The van der Waals surface area contributed by atoms with Crippen LogP contribution in [-0.4, -0.2) is 4.57 Å². The maximum Gasteiger partial charge on any atom is 0.160 e. The number of nitrogens with zero attached hydrogens (tertiary/aromatic N) is 1. The Balaban J connectivity index is 1.92.